The van der Waals surface area contributed by atoms with Gasteiger partial charge in [0.05, 0.1) is 5.02 Å². The number of anilines is 1. The second-order valence-electron chi connectivity index (χ2n) is 3.50. The standard InChI is InChI=1S/C11H9Cl2N3OS/c1-6(12)9(17)14-11-16-15-10(18-11)7-4-2-3-5-8(7)13/h2-6H,1H3,(H,14,16,17)/t6-/m0/s1. The van der Waals surface area contributed by atoms with Crippen LogP contribution in [0.1, 0.15) is 6.92 Å². The van der Waals surface area contributed by atoms with E-state index in [0.29, 0.717) is 15.2 Å². The summed E-state index contributed by atoms with van der Waals surface area (Å²) in [7, 11) is 0. The minimum atomic E-state index is -0.613. The van der Waals surface area contributed by atoms with Crippen molar-refractivity contribution < 1.29 is 4.79 Å². The molecule has 0 aliphatic rings. The molecule has 0 radical (unpaired) electrons. The zero-order chi connectivity index (χ0) is 13.1. The minimum Gasteiger partial charge on any atom is -0.299 e. The molecule has 1 aromatic heterocycles. The van der Waals surface area contributed by atoms with E-state index in [9.17, 15) is 4.79 Å². The van der Waals surface area contributed by atoms with Gasteiger partial charge in [0, 0.05) is 5.56 Å². The summed E-state index contributed by atoms with van der Waals surface area (Å²) in [6, 6.07) is 7.32. The van der Waals surface area contributed by atoms with Crippen LogP contribution in [0.15, 0.2) is 24.3 Å². The molecule has 4 nitrogen and oxygen atoms in total. The Balaban J connectivity index is 2.21. The first-order valence-corrected chi connectivity index (χ1v) is 6.74. The number of carbonyl (C=O) groups excluding carboxylic acids is 1. The van der Waals surface area contributed by atoms with Gasteiger partial charge < -0.3 is 0 Å². The van der Waals surface area contributed by atoms with Gasteiger partial charge in [-0.15, -0.1) is 21.8 Å². The van der Waals surface area contributed by atoms with Gasteiger partial charge in [0.1, 0.15) is 5.38 Å². The van der Waals surface area contributed by atoms with Crippen LogP contribution in [0.5, 0.6) is 0 Å². The van der Waals surface area contributed by atoms with Crippen LogP contribution in [0, 0.1) is 0 Å². The number of nitrogens with zero attached hydrogens (tertiary/aromatic N) is 2. The van der Waals surface area contributed by atoms with Gasteiger partial charge in [0.15, 0.2) is 5.01 Å². The maximum absolute atomic E-state index is 11.4. The summed E-state index contributed by atoms with van der Waals surface area (Å²) in [4.78, 5) is 11.4. The third-order valence-corrected chi connectivity index (χ3v) is 3.52. The number of halogens is 2. The van der Waals surface area contributed by atoms with Crippen LogP contribution < -0.4 is 5.32 Å². The third kappa shape index (κ3) is 2.98. The average Bonchev–Trinajstić information content (AvgIpc) is 2.77. The van der Waals surface area contributed by atoms with Gasteiger partial charge >= 0.3 is 0 Å². The van der Waals surface area contributed by atoms with Crippen molar-refractivity contribution in [1.82, 2.24) is 10.2 Å². The van der Waals surface area contributed by atoms with E-state index in [-0.39, 0.29) is 5.91 Å². The lowest BCUT2D eigenvalue weighted by molar-refractivity contribution is -0.115. The van der Waals surface area contributed by atoms with Crippen LogP contribution in [0.4, 0.5) is 5.13 Å². The van der Waals surface area contributed by atoms with Gasteiger partial charge in [-0.25, -0.2) is 0 Å². The van der Waals surface area contributed by atoms with E-state index in [1.807, 2.05) is 18.2 Å². The highest BCUT2D eigenvalue weighted by Crippen LogP contribution is 2.31. The van der Waals surface area contributed by atoms with Crippen molar-refractivity contribution in [1.29, 1.82) is 0 Å². The van der Waals surface area contributed by atoms with Crippen molar-refractivity contribution >= 4 is 45.6 Å². The second-order valence-corrected chi connectivity index (χ2v) is 5.54. The molecular weight excluding hydrogens is 293 g/mol. The molecule has 0 aliphatic heterocycles. The predicted molar refractivity (Wildman–Crippen MR) is 74.3 cm³/mol. The molecule has 0 fully saturated rings. The van der Waals surface area contributed by atoms with E-state index in [4.69, 9.17) is 23.2 Å². The largest absolute Gasteiger partial charge is 0.299 e. The molecule has 1 aromatic carbocycles. The third-order valence-electron chi connectivity index (χ3n) is 2.12. The molecule has 0 saturated carbocycles. The van der Waals surface area contributed by atoms with Crippen LogP contribution >= 0.6 is 34.5 Å². The Labute approximate surface area is 118 Å². The number of alkyl halides is 1. The van der Waals surface area contributed by atoms with Gasteiger partial charge in [0.25, 0.3) is 0 Å². The van der Waals surface area contributed by atoms with E-state index in [0.717, 1.165) is 5.56 Å². The Kier molecular flexibility index (Phi) is 4.16. The number of rotatable bonds is 3. The highest BCUT2D eigenvalue weighted by molar-refractivity contribution is 7.18. The van der Waals surface area contributed by atoms with Crippen molar-refractivity contribution in [3.63, 3.8) is 0 Å². The zero-order valence-electron chi connectivity index (χ0n) is 9.35. The Hall–Kier alpha value is -1.17. The first-order valence-electron chi connectivity index (χ1n) is 5.11. The lowest BCUT2D eigenvalue weighted by atomic mass is 10.2. The SMILES string of the molecule is C[C@H](Cl)C(=O)Nc1nnc(-c2ccccc2Cl)s1. The second kappa shape index (κ2) is 5.65. The number of benzene rings is 1. The molecule has 2 rings (SSSR count). The highest BCUT2D eigenvalue weighted by atomic mass is 35.5. The number of aromatic nitrogens is 2. The Bertz CT molecular complexity index is 571. The van der Waals surface area contributed by atoms with Gasteiger partial charge in [-0.2, -0.15) is 0 Å². The van der Waals surface area contributed by atoms with Crippen LogP contribution in [0.3, 0.4) is 0 Å². The molecule has 0 spiro atoms. The fourth-order valence-corrected chi connectivity index (χ4v) is 2.34. The van der Waals surface area contributed by atoms with E-state index < -0.39 is 5.38 Å². The quantitative estimate of drug-likeness (QED) is 0.884. The molecule has 7 heteroatoms. The molecule has 2 aromatic rings. The van der Waals surface area contributed by atoms with Crippen molar-refractivity contribution in [2.24, 2.45) is 0 Å². The Morgan fingerprint density at radius 3 is 2.78 bits per heavy atom. The number of carbonyl (C=O) groups is 1. The molecule has 18 heavy (non-hydrogen) atoms. The summed E-state index contributed by atoms with van der Waals surface area (Å²) in [6.45, 7) is 1.59. The predicted octanol–water partition coefficient (Wildman–Crippen LogP) is 3.42. The van der Waals surface area contributed by atoms with E-state index in [1.54, 1.807) is 13.0 Å². The summed E-state index contributed by atoms with van der Waals surface area (Å²) in [5.74, 6) is -0.307. The number of amides is 1. The summed E-state index contributed by atoms with van der Waals surface area (Å²) in [5.41, 5.74) is 0.788. The fraction of sp³-hybridized carbons (Fsp3) is 0.182. The number of nitrogens with one attached hydrogen (secondary N) is 1. The van der Waals surface area contributed by atoms with E-state index >= 15 is 0 Å². The summed E-state index contributed by atoms with van der Waals surface area (Å²) >= 11 is 13.0. The van der Waals surface area contributed by atoms with Crippen LogP contribution in [0.2, 0.25) is 5.02 Å². The minimum absolute atomic E-state index is 0.307. The van der Waals surface area contributed by atoms with Gasteiger partial charge in [-0.1, -0.05) is 41.1 Å². The molecule has 0 saturated heterocycles. The van der Waals surface area contributed by atoms with Crippen molar-refractivity contribution in [3.05, 3.63) is 29.3 Å². The molecule has 0 bridgehead atoms. The summed E-state index contributed by atoms with van der Waals surface area (Å²) < 4.78 is 0. The number of hydrogen-bond acceptors (Lipinski definition) is 4. The molecule has 1 atom stereocenters. The summed E-state index contributed by atoms with van der Waals surface area (Å²) in [6.07, 6.45) is 0. The molecule has 1 heterocycles. The summed E-state index contributed by atoms with van der Waals surface area (Å²) in [5, 5.41) is 11.5. The molecular formula is C11H9Cl2N3OS. The first-order chi connectivity index (χ1) is 8.58. The zero-order valence-corrected chi connectivity index (χ0v) is 11.7. The van der Waals surface area contributed by atoms with Gasteiger partial charge in [0.2, 0.25) is 11.0 Å². The topological polar surface area (TPSA) is 54.9 Å². The monoisotopic (exact) mass is 301 g/mol. The van der Waals surface area contributed by atoms with Crippen molar-refractivity contribution in [3.8, 4) is 10.6 Å². The normalized spacial score (nSPS) is 12.2. The molecule has 0 unspecified atom stereocenters. The van der Waals surface area contributed by atoms with Gasteiger partial charge in [-0.05, 0) is 13.0 Å². The Morgan fingerprint density at radius 2 is 2.11 bits per heavy atom. The molecule has 0 aliphatic carbocycles. The highest BCUT2D eigenvalue weighted by Gasteiger charge is 2.14. The fourth-order valence-electron chi connectivity index (χ4n) is 1.22. The maximum Gasteiger partial charge on any atom is 0.243 e. The molecule has 94 valence electrons. The smallest absolute Gasteiger partial charge is 0.243 e. The maximum atomic E-state index is 11.4. The van der Waals surface area contributed by atoms with Crippen molar-refractivity contribution in [2.45, 2.75) is 12.3 Å². The van der Waals surface area contributed by atoms with Crippen LogP contribution in [-0.4, -0.2) is 21.5 Å². The number of hydrogen-bond donors (Lipinski definition) is 1. The van der Waals surface area contributed by atoms with E-state index in [2.05, 4.69) is 15.5 Å². The molecule has 1 amide bonds. The lowest BCUT2D eigenvalue weighted by Gasteiger charge is -2.00. The van der Waals surface area contributed by atoms with Crippen LogP contribution in [0.25, 0.3) is 10.6 Å². The Morgan fingerprint density at radius 1 is 1.39 bits per heavy atom. The van der Waals surface area contributed by atoms with E-state index in [1.165, 1.54) is 11.3 Å². The average molecular weight is 302 g/mol. The van der Waals surface area contributed by atoms with Crippen molar-refractivity contribution in [2.75, 3.05) is 5.32 Å². The molecule has 1 N–H and O–H groups in total. The first kappa shape index (κ1) is 13.3. The van der Waals surface area contributed by atoms with Crippen LogP contribution in [-0.2, 0) is 4.79 Å². The lowest BCUT2D eigenvalue weighted by Crippen LogP contribution is -2.20. The van der Waals surface area contributed by atoms with Gasteiger partial charge in [-0.3, -0.25) is 10.1 Å².